The molecule has 1 heterocycles. The number of hydrogen-bond acceptors (Lipinski definition) is 2. The van der Waals surface area contributed by atoms with Gasteiger partial charge in [0.1, 0.15) is 5.82 Å². The van der Waals surface area contributed by atoms with Gasteiger partial charge in [0, 0.05) is 10.4 Å². The van der Waals surface area contributed by atoms with Gasteiger partial charge < -0.3 is 5.32 Å². The highest BCUT2D eigenvalue weighted by atomic mass is 35.5. The van der Waals surface area contributed by atoms with Gasteiger partial charge in [0.15, 0.2) is 0 Å². The van der Waals surface area contributed by atoms with Gasteiger partial charge >= 0.3 is 6.18 Å². The van der Waals surface area contributed by atoms with Crippen LogP contribution >= 0.6 is 22.9 Å². The average molecular weight is 324 g/mol. The van der Waals surface area contributed by atoms with Crippen molar-refractivity contribution in [3.05, 3.63) is 56.5 Å². The average Bonchev–Trinajstić information content (AvgIpc) is 2.77. The summed E-state index contributed by atoms with van der Waals surface area (Å²) in [6.45, 7) is 0. The van der Waals surface area contributed by atoms with E-state index in [2.05, 4.69) is 5.32 Å². The molecule has 0 bridgehead atoms. The zero-order chi connectivity index (χ0) is 14.9. The molecule has 2 rings (SSSR count). The quantitative estimate of drug-likeness (QED) is 0.795. The zero-order valence-electron chi connectivity index (χ0n) is 10.3. The number of rotatable bonds is 3. The van der Waals surface area contributed by atoms with Gasteiger partial charge in [-0.05, 0) is 24.6 Å². The molecule has 0 amide bonds. The second-order valence-corrected chi connectivity index (χ2v) is 5.42. The van der Waals surface area contributed by atoms with E-state index in [9.17, 15) is 17.6 Å². The topological polar surface area (TPSA) is 12.0 Å². The molecular formula is C13H10ClF4NS. The van der Waals surface area contributed by atoms with Crippen LogP contribution in [0.25, 0.3) is 0 Å². The van der Waals surface area contributed by atoms with Gasteiger partial charge in [-0.25, -0.2) is 4.39 Å². The van der Waals surface area contributed by atoms with Crippen LogP contribution in [0.2, 0.25) is 5.02 Å². The Kier molecular flexibility index (Phi) is 4.36. The van der Waals surface area contributed by atoms with Crippen LogP contribution in [0.5, 0.6) is 0 Å². The van der Waals surface area contributed by atoms with Gasteiger partial charge in [0.25, 0.3) is 0 Å². The molecule has 0 radical (unpaired) electrons. The fourth-order valence-corrected chi connectivity index (χ4v) is 3.22. The van der Waals surface area contributed by atoms with E-state index in [0.717, 1.165) is 6.07 Å². The summed E-state index contributed by atoms with van der Waals surface area (Å²) < 4.78 is 52.3. The molecule has 108 valence electrons. The number of hydrogen-bond donors (Lipinski definition) is 1. The minimum atomic E-state index is -4.72. The molecule has 1 unspecified atom stereocenters. The molecule has 0 aliphatic heterocycles. The van der Waals surface area contributed by atoms with Crippen molar-refractivity contribution in [2.75, 3.05) is 7.05 Å². The van der Waals surface area contributed by atoms with E-state index < -0.39 is 23.6 Å². The molecule has 20 heavy (non-hydrogen) atoms. The Morgan fingerprint density at radius 3 is 2.45 bits per heavy atom. The molecule has 1 atom stereocenters. The molecule has 0 saturated carbocycles. The molecule has 0 saturated heterocycles. The maximum atomic E-state index is 14.1. The Hall–Kier alpha value is -1.11. The van der Waals surface area contributed by atoms with Crippen LogP contribution in [0.3, 0.4) is 0 Å². The van der Waals surface area contributed by atoms with Gasteiger partial charge in [-0.15, -0.1) is 11.3 Å². The molecule has 2 aromatic rings. The Bertz CT molecular complexity index is 609. The van der Waals surface area contributed by atoms with Crippen molar-refractivity contribution >= 4 is 22.9 Å². The Morgan fingerprint density at radius 2 is 1.95 bits per heavy atom. The van der Waals surface area contributed by atoms with Crippen LogP contribution in [0.15, 0.2) is 29.6 Å². The second kappa shape index (κ2) is 5.71. The molecular weight excluding hydrogens is 314 g/mol. The first kappa shape index (κ1) is 15.3. The first-order valence-electron chi connectivity index (χ1n) is 5.62. The van der Waals surface area contributed by atoms with Crippen LogP contribution in [0.4, 0.5) is 17.6 Å². The van der Waals surface area contributed by atoms with E-state index in [1.807, 2.05) is 0 Å². The minimum Gasteiger partial charge on any atom is -0.309 e. The van der Waals surface area contributed by atoms with Crippen molar-refractivity contribution in [3.8, 4) is 0 Å². The lowest BCUT2D eigenvalue weighted by molar-refractivity contribution is -0.140. The summed E-state index contributed by atoms with van der Waals surface area (Å²) in [5.74, 6) is -1.27. The third kappa shape index (κ3) is 2.82. The molecule has 1 aromatic carbocycles. The molecule has 0 aliphatic carbocycles. The van der Waals surface area contributed by atoms with E-state index in [4.69, 9.17) is 11.6 Å². The monoisotopic (exact) mass is 323 g/mol. The lowest BCUT2D eigenvalue weighted by Crippen LogP contribution is -2.20. The van der Waals surface area contributed by atoms with Crippen LogP contribution in [-0.2, 0) is 6.18 Å². The zero-order valence-corrected chi connectivity index (χ0v) is 11.8. The summed E-state index contributed by atoms with van der Waals surface area (Å²) in [6, 6.07) is 4.14. The maximum absolute atomic E-state index is 14.1. The molecule has 0 fully saturated rings. The number of benzene rings is 1. The number of halogens is 5. The van der Waals surface area contributed by atoms with Crippen molar-refractivity contribution in [3.63, 3.8) is 0 Å². The number of thiophene rings is 1. The Morgan fingerprint density at radius 1 is 1.25 bits per heavy atom. The highest BCUT2D eigenvalue weighted by Gasteiger charge is 2.36. The second-order valence-electron chi connectivity index (χ2n) is 4.06. The molecule has 0 spiro atoms. The largest absolute Gasteiger partial charge is 0.419 e. The smallest absolute Gasteiger partial charge is 0.309 e. The fraction of sp³-hybridized carbons (Fsp3) is 0.231. The normalized spacial score (nSPS) is 13.5. The van der Waals surface area contributed by atoms with Gasteiger partial charge in [0.2, 0.25) is 0 Å². The summed E-state index contributed by atoms with van der Waals surface area (Å²) in [4.78, 5) is 0.576. The van der Waals surface area contributed by atoms with Crippen molar-refractivity contribution in [2.45, 2.75) is 12.2 Å². The highest BCUT2D eigenvalue weighted by Crippen LogP contribution is 2.38. The number of alkyl halides is 3. The molecule has 1 nitrogen and oxygen atoms in total. The third-order valence-corrected chi connectivity index (χ3v) is 4.26. The minimum absolute atomic E-state index is 0.0772. The fourth-order valence-electron chi connectivity index (χ4n) is 1.93. The standard InChI is InChI=1S/C13H10ClF4NS/c1-19-11(12-9(14)5-6-20-12)7-3-2-4-8(10(7)15)13(16,17)18/h2-6,11,19H,1H3. The number of nitrogens with one attached hydrogen (secondary N) is 1. The van der Waals surface area contributed by atoms with Crippen molar-refractivity contribution in [1.82, 2.24) is 5.32 Å². The van der Waals surface area contributed by atoms with Crippen molar-refractivity contribution in [1.29, 1.82) is 0 Å². The Labute approximate surface area is 122 Å². The van der Waals surface area contributed by atoms with Gasteiger partial charge in [0.05, 0.1) is 16.6 Å². The molecule has 0 aliphatic rings. The van der Waals surface area contributed by atoms with E-state index in [1.54, 1.807) is 18.5 Å². The predicted octanol–water partition coefficient (Wildman–Crippen LogP) is 4.87. The summed E-state index contributed by atoms with van der Waals surface area (Å²) in [6.07, 6.45) is -4.72. The lowest BCUT2D eigenvalue weighted by atomic mass is 10.0. The SMILES string of the molecule is CNC(c1cccc(C(F)(F)F)c1F)c1sccc1Cl. The maximum Gasteiger partial charge on any atom is 0.419 e. The Balaban J connectivity index is 2.54. The van der Waals surface area contributed by atoms with E-state index in [-0.39, 0.29) is 5.56 Å². The van der Waals surface area contributed by atoms with Crippen LogP contribution in [0.1, 0.15) is 22.0 Å². The molecule has 1 aromatic heterocycles. The van der Waals surface area contributed by atoms with Crippen LogP contribution < -0.4 is 5.32 Å². The van der Waals surface area contributed by atoms with Crippen molar-refractivity contribution in [2.24, 2.45) is 0 Å². The molecule has 7 heteroatoms. The summed E-state index contributed by atoms with van der Waals surface area (Å²) >= 11 is 7.23. The summed E-state index contributed by atoms with van der Waals surface area (Å²) in [5.41, 5.74) is -1.35. The first-order valence-corrected chi connectivity index (χ1v) is 6.87. The molecule has 1 N–H and O–H groups in total. The van der Waals surface area contributed by atoms with Gasteiger partial charge in [-0.3, -0.25) is 0 Å². The predicted molar refractivity (Wildman–Crippen MR) is 71.6 cm³/mol. The first-order chi connectivity index (χ1) is 9.36. The highest BCUT2D eigenvalue weighted by molar-refractivity contribution is 7.10. The van der Waals surface area contributed by atoms with E-state index in [1.165, 1.54) is 23.5 Å². The summed E-state index contributed by atoms with van der Waals surface area (Å²) in [7, 11) is 1.54. The van der Waals surface area contributed by atoms with Crippen LogP contribution in [0, 0.1) is 5.82 Å². The van der Waals surface area contributed by atoms with E-state index >= 15 is 0 Å². The third-order valence-electron chi connectivity index (χ3n) is 2.84. The van der Waals surface area contributed by atoms with Crippen LogP contribution in [-0.4, -0.2) is 7.05 Å². The van der Waals surface area contributed by atoms with Crippen molar-refractivity contribution < 1.29 is 17.6 Å². The van der Waals surface area contributed by atoms with Gasteiger partial charge in [-0.2, -0.15) is 13.2 Å². The van der Waals surface area contributed by atoms with Gasteiger partial charge in [-0.1, -0.05) is 23.7 Å². The van der Waals surface area contributed by atoms with E-state index in [0.29, 0.717) is 9.90 Å². The lowest BCUT2D eigenvalue weighted by Gasteiger charge is -2.19. The summed E-state index contributed by atoms with van der Waals surface area (Å²) in [5, 5.41) is 4.90.